The fraction of sp³-hybridized carbons (Fsp3) is 0.889. The van der Waals surface area contributed by atoms with Gasteiger partial charge in [-0.1, -0.05) is 0 Å². The summed E-state index contributed by atoms with van der Waals surface area (Å²) in [4.78, 5) is 10.4. The van der Waals surface area contributed by atoms with Gasteiger partial charge in [0.25, 0.3) is 0 Å². The Morgan fingerprint density at radius 2 is 2.00 bits per heavy atom. The molecule has 0 radical (unpaired) electrons. The third-order valence-corrected chi connectivity index (χ3v) is 3.60. The fourth-order valence-corrected chi connectivity index (χ4v) is 2.50. The number of carboxylic acids is 1. The first-order valence-electron chi connectivity index (χ1n) is 5.19. The van der Waals surface area contributed by atoms with E-state index in [0.717, 1.165) is 0 Å². The molecule has 0 aliphatic carbocycles. The Bertz CT molecular complexity index is 266. The van der Waals surface area contributed by atoms with Crippen LogP contribution in [0.2, 0.25) is 0 Å². The van der Waals surface area contributed by atoms with Gasteiger partial charge in [-0.2, -0.15) is 11.8 Å². The average Bonchev–Trinajstić information content (AvgIpc) is 2.52. The molecule has 100 valence electrons. The topological polar surface area (TPSA) is 133 Å². The van der Waals surface area contributed by atoms with Crippen LogP contribution < -0.4 is 5.73 Å². The Hall–Kier alpha value is -0.380. The van der Waals surface area contributed by atoms with Crippen molar-refractivity contribution in [3.8, 4) is 0 Å². The van der Waals surface area contributed by atoms with Crippen LogP contribution in [0.5, 0.6) is 0 Å². The van der Waals surface area contributed by atoms with E-state index in [-0.39, 0.29) is 0 Å². The van der Waals surface area contributed by atoms with Crippen molar-refractivity contribution in [2.45, 2.75) is 37.1 Å². The summed E-state index contributed by atoms with van der Waals surface area (Å²) in [6.07, 6.45) is -4.11. The lowest BCUT2D eigenvalue weighted by Crippen LogP contribution is -2.33. The second-order valence-corrected chi connectivity index (χ2v) is 5.00. The zero-order valence-electron chi connectivity index (χ0n) is 9.10. The quantitative estimate of drug-likeness (QED) is 0.348. The van der Waals surface area contributed by atoms with Crippen LogP contribution in [0.25, 0.3) is 0 Å². The number of hydrogen-bond donors (Lipinski definition) is 5. The zero-order valence-corrected chi connectivity index (χ0v) is 9.92. The summed E-state index contributed by atoms with van der Waals surface area (Å²) < 4.78 is 4.93. The first-order chi connectivity index (χ1) is 7.93. The lowest BCUT2D eigenvalue weighted by atomic mass is 10.2. The second-order valence-electron chi connectivity index (χ2n) is 3.85. The van der Waals surface area contributed by atoms with Gasteiger partial charge in [-0.15, -0.1) is 0 Å². The van der Waals surface area contributed by atoms with Gasteiger partial charge in [0.2, 0.25) is 0 Å². The van der Waals surface area contributed by atoms with Gasteiger partial charge in [0.05, 0.1) is 6.10 Å². The van der Waals surface area contributed by atoms with E-state index in [4.69, 9.17) is 20.7 Å². The Morgan fingerprint density at radius 1 is 1.35 bits per heavy atom. The molecular weight excluding hydrogens is 250 g/mol. The first-order valence-corrected chi connectivity index (χ1v) is 6.34. The summed E-state index contributed by atoms with van der Waals surface area (Å²) in [5.74, 6) is -0.179. The van der Waals surface area contributed by atoms with E-state index in [0.29, 0.717) is 17.9 Å². The number of nitrogens with two attached hydrogens (primary N) is 1. The van der Waals surface area contributed by atoms with Gasteiger partial charge in [-0.05, 0) is 12.2 Å². The molecular formula is C9H17NO6S. The highest BCUT2D eigenvalue weighted by Gasteiger charge is 2.41. The van der Waals surface area contributed by atoms with Crippen molar-refractivity contribution in [1.82, 2.24) is 0 Å². The minimum Gasteiger partial charge on any atom is -0.480 e. The molecule has 1 aliphatic rings. The van der Waals surface area contributed by atoms with Crippen LogP contribution in [0.15, 0.2) is 0 Å². The molecule has 1 unspecified atom stereocenters. The van der Waals surface area contributed by atoms with Gasteiger partial charge >= 0.3 is 5.97 Å². The molecule has 7 nitrogen and oxygen atoms in total. The Morgan fingerprint density at radius 3 is 2.47 bits per heavy atom. The molecule has 1 rings (SSSR count). The lowest BCUT2D eigenvalue weighted by molar-refractivity contribution is -0.138. The van der Waals surface area contributed by atoms with Gasteiger partial charge in [0.15, 0.2) is 6.29 Å². The minimum absolute atomic E-state index is 0.313. The monoisotopic (exact) mass is 267 g/mol. The molecule has 0 spiro atoms. The number of aliphatic carboxylic acids is 1. The molecule has 5 atom stereocenters. The van der Waals surface area contributed by atoms with Crippen LogP contribution in [0.4, 0.5) is 0 Å². The predicted octanol–water partition coefficient (Wildman–Crippen LogP) is -2.04. The summed E-state index contributed by atoms with van der Waals surface area (Å²) in [7, 11) is 0. The van der Waals surface area contributed by atoms with Crippen molar-refractivity contribution >= 4 is 17.7 Å². The number of carbonyl (C=O) groups is 1. The highest BCUT2D eigenvalue weighted by atomic mass is 32.2. The number of thioether (sulfide) groups is 1. The number of aliphatic hydroxyl groups excluding tert-OH is 3. The van der Waals surface area contributed by atoms with Gasteiger partial charge in [-0.3, -0.25) is 4.79 Å². The van der Waals surface area contributed by atoms with E-state index in [1.54, 1.807) is 0 Å². The third kappa shape index (κ3) is 4.09. The number of rotatable bonds is 6. The highest BCUT2D eigenvalue weighted by Crippen LogP contribution is 2.23. The molecule has 0 aromatic heterocycles. The lowest BCUT2D eigenvalue weighted by Gasteiger charge is -2.14. The van der Waals surface area contributed by atoms with Crippen molar-refractivity contribution in [3.63, 3.8) is 0 Å². The fourth-order valence-electron chi connectivity index (χ4n) is 1.40. The molecule has 0 aromatic carbocycles. The van der Waals surface area contributed by atoms with Crippen molar-refractivity contribution in [1.29, 1.82) is 0 Å². The molecule has 1 aliphatic heterocycles. The van der Waals surface area contributed by atoms with Crippen molar-refractivity contribution < 1.29 is 30.0 Å². The summed E-state index contributed by atoms with van der Waals surface area (Å²) in [6.45, 7) is 0. The molecule has 1 fully saturated rings. The average molecular weight is 267 g/mol. The summed E-state index contributed by atoms with van der Waals surface area (Å²) >= 11 is 1.35. The maximum absolute atomic E-state index is 10.4. The van der Waals surface area contributed by atoms with Crippen LogP contribution in [-0.2, 0) is 9.53 Å². The third-order valence-electron chi connectivity index (χ3n) is 2.51. The number of carboxylic acid groups (broad SMARTS) is 1. The standard InChI is InChI=1S/C9H17NO6S/c10-4(8(13)14)1-2-17-3-5-6(11)7(12)9(15)16-5/h4-7,9,11-12,15H,1-3,10H2,(H,13,14)/t4?,5-,6-,7-,9-/m1/s1. The molecule has 1 heterocycles. The number of aliphatic hydroxyl groups is 3. The molecule has 0 saturated carbocycles. The van der Waals surface area contributed by atoms with Gasteiger partial charge in [-0.25, -0.2) is 0 Å². The van der Waals surface area contributed by atoms with Gasteiger partial charge < -0.3 is 30.9 Å². The normalized spacial score (nSPS) is 34.8. The van der Waals surface area contributed by atoms with E-state index < -0.39 is 36.6 Å². The van der Waals surface area contributed by atoms with Crippen LogP contribution in [0, 0.1) is 0 Å². The van der Waals surface area contributed by atoms with E-state index in [1.165, 1.54) is 11.8 Å². The van der Waals surface area contributed by atoms with Gasteiger partial charge in [0, 0.05) is 5.75 Å². The molecule has 0 bridgehead atoms. The number of hydrogen-bond acceptors (Lipinski definition) is 7. The Kier molecular flexibility index (Phi) is 5.63. The molecule has 1 saturated heterocycles. The molecule has 0 amide bonds. The van der Waals surface area contributed by atoms with Crippen LogP contribution in [0.1, 0.15) is 6.42 Å². The van der Waals surface area contributed by atoms with Crippen LogP contribution in [-0.4, -0.2) is 68.5 Å². The van der Waals surface area contributed by atoms with Gasteiger partial charge in [0.1, 0.15) is 18.2 Å². The maximum atomic E-state index is 10.4. The zero-order chi connectivity index (χ0) is 13.0. The van der Waals surface area contributed by atoms with Crippen molar-refractivity contribution in [2.24, 2.45) is 5.73 Å². The maximum Gasteiger partial charge on any atom is 0.320 e. The summed E-state index contributed by atoms with van der Waals surface area (Å²) in [5, 5.41) is 36.3. The largest absolute Gasteiger partial charge is 0.480 e. The minimum atomic E-state index is -1.36. The van der Waals surface area contributed by atoms with E-state index in [9.17, 15) is 15.0 Å². The van der Waals surface area contributed by atoms with E-state index in [1.807, 2.05) is 0 Å². The second kappa shape index (κ2) is 6.53. The summed E-state index contributed by atoms with van der Waals surface area (Å²) in [6, 6.07) is -0.895. The molecule has 17 heavy (non-hydrogen) atoms. The van der Waals surface area contributed by atoms with Crippen molar-refractivity contribution in [3.05, 3.63) is 0 Å². The van der Waals surface area contributed by atoms with Crippen LogP contribution in [0.3, 0.4) is 0 Å². The highest BCUT2D eigenvalue weighted by molar-refractivity contribution is 7.99. The van der Waals surface area contributed by atoms with Crippen molar-refractivity contribution in [2.75, 3.05) is 11.5 Å². The smallest absolute Gasteiger partial charge is 0.320 e. The Balaban J connectivity index is 2.17. The SMILES string of the molecule is NC(CCSC[C@H]1O[C@@H](O)[C@H](O)[C@@H]1O)C(=O)O. The van der Waals surface area contributed by atoms with Crippen LogP contribution >= 0.6 is 11.8 Å². The summed E-state index contributed by atoms with van der Waals surface area (Å²) in [5.41, 5.74) is 5.31. The Labute approximate surface area is 103 Å². The molecule has 0 aromatic rings. The van der Waals surface area contributed by atoms with E-state index >= 15 is 0 Å². The first kappa shape index (κ1) is 14.7. The predicted molar refractivity (Wildman–Crippen MR) is 60.4 cm³/mol. The number of ether oxygens (including phenoxy) is 1. The molecule has 8 heteroatoms. The van der Waals surface area contributed by atoms with E-state index in [2.05, 4.69) is 0 Å². The molecule has 6 N–H and O–H groups in total.